The number of phenolic OH excluding ortho intramolecular Hbond substituents is 1. The van der Waals surface area contributed by atoms with Crippen molar-refractivity contribution in [2.45, 2.75) is 19.9 Å². The highest BCUT2D eigenvalue weighted by atomic mass is 35.5. The van der Waals surface area contributed by atoms with Crippen LogP contribution in [0, 0.1) is 13.8 Å². The van der Waals surface area contributed by atoms with Crippen molar-refractivity contribution in [1.82, 2.24) is 0 Å². The number of methoxy groups -OCH3 is 1. The second-order valence-corrected chi connectivity index (χ2v) is 8.28. The molecule has 1 unspecified atom stereocenters. The number of amides is 1. The second-order valence-electron chi connectivity index (χ2n) is 7.88. The highest BCUT2D eigenvalue weighted by Crippen LogP contribution is 2.46. The number of nitrogens with zero attached hydrogens (tertiary/aromatic N) is 1. The van der Waals surface area contributed by atoms with E-state index < -0.39 is 17.7 Å². The number of aromatic hydroxyl groups is 1. The SMILES string of the molecule is COc1cc(C2/C(=C(\O)c3cc(C)ccc3C)C(=O)C(=O)N2c2ccccc2)cc(Cl)c1O. The van der Waals surface area contributed by atoms with Crippen molar-refractivity contribution in [2.24, 2.45) is 0 Å². The van der Waals surface area contributed by atoms with Crippen LogP contribution in [0.2, 0.25) is 5.02 Å². The first-order chi connectivity index (χ1) is 15.7. The van der Waals surface area contributed by atoms with Gasteiger partial charge in [-0.3, -0.25) is 14.5 Å². The molecule has 0 bridgehead atoms. The Kier molecular flexibility index (Phi) is 5.87. The van der Waals surface area contributed by atoms with E-state index in [4.69, 9.17) is 16.3 Å². The van der Waals surface area contributed by atoms with Crippen LogP contribution in [0.4, 0.5) is 5.69 Å². The maximum absolute atomic E-state index is 13.3. The lowest BCUT2D eigenvalue weighted by atomic mass is 9.93. The number of carbonyl (C=O) groups excluding carboxylic acids is 2. The Labute approximate surface area is 196 Å². The van der Waals surface area contributed by atoms with E-state index in [-0.39, 0.29) is 27.9 Å². The summed E-state index contributed by atoms with van der Waals surface area (Å²) in [6.45, 7) is 3.69. The van der Waals surface area contributed by atoms with Gasteiger partial charge in [0.05, 0.1) is 23.7 Å². The average Bonchev–Trinajstić information content (AvgIpc) is 3.07. The fourth-order valence-electron chi connectivity index (χ4n) is 4.05. The number of halogens is 1. The Balaban J connectivity index is 2.03. The first kappa shape index (κ1) is 22.4. The maximum Gasteiger partial charge on any atom is 0.300 e. The molecule has 1 fully saturated rings. The van der Waals surface area contributed by atoms with Crippen molar-refractivity contribution in [3.63, 3.8) is 0 Å². The minimum atomic E-state index is -0.987. The van der Waals surface area contributed by atoms with Gasteiger partial charge in [-0.05, 0) is 55.3 Å². The van der Waals surface area contributed by atoms with Gasteiger partial charge < -0.3 is 14.9 Å². The smallest absolute Gasteiger partial charge is 0.300 e. The molecule has 1 amide bonds. The van der Waals surface area contributed by atoms with Crippen LogP contribution in [0.3, 0.4) is 0 Å². The van der Waals surface area contributed by atoms with Crippen molar-refractivity contribution in [3.8, 4) is 11.5 Å². The van der Waals surface area contributed by atoms with Gasteiger partial charge in [-0.2, -0.15) is 0 Å². The van der Waals surface area contributed by atoms with E-state index in [1.54, 1.807) is 36.4 Å². The number of aliphatic hydroxyl groups excluding tert-OH is 1. The molecule has 0 radical (unpaired) electrons. The number of carbonyl (C=O) groups is 2. The fraction of sp³-hybridized carbons (Fsp3) is 0.154. The number of hydrogen-bond acceptors (Lipinski definition) is 5. The molecule has 3 aromatic carbocycles. The molecule has 7 heteroatoms. The summed E-state index contributed by atoms with van der Waals surface area (Å²) < 4.78 is 5.23. The summed E-state index contributed by atoms with van der Waals surface area (Å²) in [6.07, 6.45) is 0. The van der Waals surface area contributed by atoms with Crippen LogP contribution in [-0.2, 0) is 9.59 Å². The molecule has 2 N–H and O–H groups in total. The van der Waals surface area contributed by atoms with Gasteiger partial charge in [-0.25, -0.2) is 0 Å². The van der Waals surface area contributed by atoms with E-state index in [0.29, 0.717) is 16.8 Å². The largest absolute Gasteiger partial charge is 0.507 e. The number of aliphatic hydroxyl groups is 1. The zero-order valence-corrected chi connectivity index (χ0v) is 19.1. The highest BCUT2D eigenvalue weighted by Gasteiger charge is 2.47. The predicted molar refractivity (Wildman–Crippen MR) is 127 cm³/mol. The maximum atomic E-state index is 13.3. The highest BCUT2D eigenvalue weighted by molar-refractivity contribution is 6.51. The fourth-order valence-corrected chi connectivity index (χ4v) is 4.27. The third-order valence-electron chi connectivity index (χ3n) is 5.71. The van der Waals surface area contributed by atoms with E-state index >= 15 is 0 Å². The summed E-state index contributed by atoms with van der Waals surface area (Å²) in [4.78, 5) is 27.8. The average molecular weight is 464 g/mol. The second kappa shape index (κ2) is 8.64. The summed E-state index contributed by atoms with van der Waals surface area (Å²) in [5, 5.41) is 21.5. The Morgan fingerprint density at radius 2 is 1.73 bits per heavy atom. The van der Waals surface area contributed by atoms with Crippen molar-refractivity contribution in [3.05, 3.63) is 93.5 Å². The van der Waals surface area contributed by atoms with Gasteiger partial charge in [-0.1, -0.05) is 47.5 Å². The lowest BCUT2D eigenvalue weighted by Crippen LogP contribution is -2.29. The topological polar surface area (TPSA) is 87.1 Å². The van der Waals surface area contributed by atoms with Gasteiger partial charge in [0, 0.05) is 11.3 Å². The first-order valence-corrected chi connectivity index (χ1v) is 10.6. The van der Waals surface area contributed by atoms with E-state index in [1.807, 2.05) is 26.0 Å². The normalized spacial score (nSPS) is 17.5. The predicted octanol–water partition coefficient (Wildman–Crippen LogP) is 5.30. The number of para-hydroxylation sites is 1. The molecule has 3 aromatic rings. The van der Waals surface area contributed by atoms with Crippen LogP contribution >= 0.6 is 11.6 Å². The molecule has 0 spiro atoms. The lowest BCUT2D eigenvalue weighted by Gasteiger charge is -2.26. The minimum Gasteiger partial charge on any atom is -0.507 e. The number of benzene rings is 3. The summed E-state index contributed by atoms with van der Waals surface area (Å²) in [6, 6.07) is 16.2. The molecule has 33 heavy (non-hydrogen) atoms. The van der Waals surface area contributed by atoms with Crippen molar-refractivity contribution in [2.75, 3.05) is 12.0 Å². The molecule has 168 valence electrons. The third kappa shape index (κ3) is 3.83. The molecule has 1 heterocycles. The third-order valence-corrected chi connectivity index (χ3v) is 6.00. The summed E-state index contributed by atoms with van der Waals surface area (Å²) in [5.74, 6) is -2.04. The quantitative estimate of drug-likeness (QED) is 0.311. The molecule has 6 nitrogen and oxygen atoms in total. The number of ether oxygens (including phenoxy) is 1. The zero-order valence-electron chi connectivity index (χ0n) is 18.3. The molecule has 1 aliphatic rings. The Bertz CT molecular complexity index is 1300. The number of phenols is 1. The van der Waals surface area contributed by atoms with Gasteiger partial charge in [-0.15, -0.1) is 0 Å². The monoisotopic (exact) mass is 463 g/mol. The molecule has 0 aliphatic carbocycles. The molecular formula is C26H22ClNO5. The molecular weight excluding hydrogens is 442 g/mol. The first-order valence-electron chi connectivity index (χ1n) is 10.2. The standard InChI is InChI=1S/C26H22ClNO5/c1-14-9-10-15(2)18(11-14)23(29)21-22(16-12-19(27)24(30)20(13-16)33-3)28(26(32)25(21)31)17-7-5-4-6-8-17/h4-13,22,29-30H,1-3H3/b23-21+. The van der Waals surface area contributed by atoms with Gasteiger partial charge in [0.1, 0.15) is 5.76 Å². The summed E-state index contributed by atoms with van der Waals surface area (Å²) in [7, 11) is 1.37. The minimum absolute atomic E-state index is 0.00487. The van der Waals surface area contributed by atoms with E-state index in [9.17, 15) is 19.8 Å². The molecule has 1 saturated heterocycles. The van der Waals surface area contributed by atoms with Crippen LogP contribution in [0.15, 0.2) is 66.2 Å². The Hall–Kier alpha value is -3.77. The number of Topliss-reactive ketones (excluding diaryl/α,β-unsaturated/α-hetero) is 1. The summed E-state index contributed by atoms with van der Waals surface area (Å²) in [5.41, 5.74) is 2.93. The Morgan fingerprint density at radius 3 is 2.39 bits per heavy atom. The van der Waals surface area contributed by atoms with E-state index in [1.165, 1.54) is 24.1 Å². The van der Waals surface area contributed by atoms with Crippen LogP contribution < -0.4 is 9.64 Å². The number of rotatable bonds is 4. The zero-order chi connectivity index (χ0) is 23.9. The van der Waals surface area contributed by atoms with Crippen LogP contribution in [-0.4, -0.2) is 29.0 Å². The van der Waals surface area contributed by atoms with Crippen molar-refractivity contribution >= 4 is 34.7 Å². The van der Waals surface area contributed by atoms with Crippen LogP contribution in [0.25, 0.3) is 5.76 Å². The lowest BCUT2D eigenvalue weighted by molar-refractivity contribution is -0.132. The van der Waals surface area contributed by atoms with Crippen LogP contribution in [0.1, 0.15) is 28.3 Å². The van der Waals surface area contributed by atoms with Crippen molar-refractivity contribution < 1.29 is 24.5 Å². The molecule has 4 rings (SSSR count). The van der Waals surface area contributed by atoms with Gasteiger partial charge >= 0.3 is 0 Å². The van der Waals surface area contributed by atoms with Gasteiger partial charge in [0.25, 0.3) is 11.7 Å². The number of ketones is 1. The van der Waals surface area contributed by atoms with E-state index in [2.05, 4.69) is 0 Å². The molecule has 0 saturated carbocycles. The summed E-state index contributed by atoms with van der Waals surface area (Å²) >= 11 is 6.24. The molecule has 0 aromatic heterocycles. The van der Waals surface area contributed by atoms with Gasteiger partial charge in [0.15, 0.2) is 11.5 Å². The Morgan fingerprint density at radius 1 is 1.03 bits per heavy atom. The molecule has 1 aliphatic heterocycles. The number of anilines is 1. The number of aryl methyl sites for hydroxylation is 2. The van der Waals surface area contributed by atoms with E-state index in [0.717, 1.165) is 11.1 Å². The van der Waals surface area contributed by atoms with Crippen molar-refractivity contribution in [1.29, 1.82) is 0 Å². The van der Waals surface area contributed by atoms with Crippen LogP contribution in [0.5, 0.6) is 11.5 Å². The number of hydrogen-bond donors (Lipinski definition) is 2. The van der Waals surface area contributed by atoms with Gasteiger partial charge in [0.2, 0.25) is 0 Å². The molecule has 1 atom stereocenters.